The monoisotopic (exact) mass is 109 g/mol. The summed E-state index contributed by atoms with van der Waals surface area (Å²) < 4.78 is 0. The molecule has 2 rings (SSSR count). The molecule has 0 aromatic carbocycles. The second-order valence-corrected chi connectivity index (χ2v) is 3.14. The normalized spacial score (nSPS) is 38.2. The quantitative estimate of drug-likeness (QED) is 0.448. The van der Waals surface area contributed by atoms with Crippen molar-refractivity contribution in [2.24, 2.45) is 5.92 Å². The zero-order chi connectivity index (χ0) is 5.40. The van der Waals surface area contributed by atoms with Crippen LogP contribution in [0.5, 0.6) is 0 Å². The second-order valence-electron chi connectivity index (χ2n) is 3.14. The highest BCUT2D eigenvalue weighted by molar-refractivity contribution is 5.07. The molecule has 0 bridgehead atoms. The molecule has 0 aliphatic heterocycles. The molecule has 0 aromatic rings. The first kappa shape index (κ1) is 4.84. The van der Waals surface area contributed by atoms with Crippen LogP contribution in [0.1, 0.15) is 38.5 Å². The van der Waals surface area contributed by atoms with E-state index in [1.807, 2.05) is 5.92 Å². The molecular weight excluding hydrogens is 96.1 g/mol. The van der Waals surface area contributed by atoms with Crippen molar-refractivity contribution in [1.29, 1.82) is 0 Å². The van der Waals surface area contributed by atoms with Gasteiger partial charge < -0.3 is 0 Å². The van der Waals surface area contributed by atoms with Gasteiger partial charge >= 0.3 is 0 Å². The molecule has 1 radical (unpaired) electrons. The molecule has 1 atom stereocenters. The summed E-state index contributed by atoms with van der Waals surface area (Å²) in [4.78, 5) is 0. The summed E-state index contributed by atoms with van der Waals surface area (Å²) in [6.45, 7) is 0. The highest BCUT2D eigenvalue weighted by Crippen LogP contribution is 2.46. The fourth-order valence-electron chi connectivity index (χ4n) is 1.97. The molecule has 0 saturated heterocycles. The third-order valence-electron chi connectivity index (χ3n) is 2.69. The number of hydrogen-bond acceptors (Lipinski definition) is 0. The van der Waals surface area contributed by atoms with Gasteiger partial charge in [-0.25, -0.2) is 0 Å². The summed E-state index contributed by atoms with van der Waals surface area (Å²) in [6, 6.07) is 0. The van der Waals surface area contributed by atoms with E-state index in [9.17, 15) is 0 Å². The molecule has 0 heteroatoms. The highest BCUT2D eigenvalue weighted by Gasteiger charge is 2.32. The van der Waals surface area contributed by atoms with E-state index in [2.05, 4.69) is 0 Å². The van der Waals surface area contributed by atoms with Crippen molar-refractivity contribution in [3.05, 3.63) is 5.92 Å². The molecule has 8 heavy (non-hydrogen) atoms. The first-order chi connectivity index (χ1) is 3.97. The minimum Gasteiger partial charge on any atom is -0.0530 e. The largest absolute Gasteiger partial charge is 0.0530 e. The number of fused-ring (bicyclic) bond motifs is 1. The van der Waals surface area contributed by atoms with E-state index in [1.165, 1.54) is 38.5 Å². The summed E-state index contributed by atoms with van der Waals surface area (Å²) in [6.07, 6.45) is 9.00. The maximum Gasteiger partial charge on any atom is -0.0210 e. The Kier molecular flexibility index (Phi) is 1.06. The lowest BCUT2D eigenvalue weighted by atomic mass is 9.66. The Morgan fingerprint density at radius 3 is 2.38 bits per heavy atom. The zero-order valence-electron chi connectivity index (χ0n) is 5.32. The maximum absolute atomic E-state index is 1.90. The van der Waals surface area contributed by atoms with Crippen molar-refractivity contribution in [3.8, 4) is 0 Å². The van der Waals surface area contributed by atoms with E-state index in [1.54, 1.807) is 0 Å². The van der Waals surface area contributed by atoms with Crippen LogP contribution in [0.25, 0.3) is 0 Å². The van der Waals surface area contributed by atoms with Gasteiger partial charge in [0, 0.05) is 0 Å². The van der Waals surface area contributed by atoms with E-state index in [4.69, 9.17) is 0 Å². The van der Waals surface area contributed by atoms with Crippen molar-refractivity contribution >= 4 is 0 Å². The molecule has 2 saturated carbocycles. The van der Waals surface area contributed by atoms with E-state index in [0.717, 1.165) is 5.92 Å². The maximum atomic E-state index is 1.90. The summed E-state index contributed by atoms with van der Waals surface area (Å²) >= 11 is 0. The van der Waals surface area contributed by atoms with Gasteiger partial charge in [0.1, 0.15) is 0 Å². The van der Waals surface area contributed by atoms with Crippen LogP contribution >= 0.6 is 0 Å². The van der Waals surface area contributed by atoms with Crippen LogP contribution in [0.3, 0.4) is 0 Å². The van der Waals surface area contributed by atoms with Crippen LogP contribution in [0, 0.1) is 11.8 Å². The van der Waals surface area contributed by atoms with Crippen molar-refractivity contribution in [3.63, 3.8) is 0 Å². The molecule has 0 aromatic heterocycles. The predicted molar refractivity (Wildman–Crippen MR) is 34.4 cm³/mol. The van der Waals surface area contributed by atoms with Gasteiger partial charge in [-0.1, -0.05) is 12.8 Å². The van der Waals surface area contributed by atoms with Crippen LogP contribution in [0.15, 0.2) is 0 Å². The van der Waals surface area contributed by atoms with Gasteiger partial charge in [-0.15, -0.1) is 0 Å². The third-order valence-corrected chi connectivity index (χ3v) is 2.69. The lowest BCUT2D eigenvalue weighted by Gasteiger charge is -2.39. The Bertz CT molecular complexity index is 74.0. The van der Waals surface area contributed by atoms with Crippen LogP contribution in [-0.2, 0) is 0 Å². The molecule has 2 aliphatic carbocycles. The predicted octanol–water partition coefficient (Wildman–Crippen LogP) is 2.54. The molecule has 45 valence electrons. The summed E-state index contributed by atoms with van der Waals surface area (Å²) in [7, 11) is 0. The highest BCUT2D eigenvalue weighted by atomic mass is 14.4. The van der Waals surface area contributed by atoms with E-state index in [-0.39, 0.29) is 0 Å². The van der Waals surface area contributed by atoms with Crippen molar-refractivity contribution in [2.45, 2.75) is 38.5 Å². The number of rotatable bonds is 0. The van der Waals surface area contributed by atoms with Gasteiger partial charge in [-0.3, -0.25) is 0 Å². The van der Waals surface area contributed by atoms with Gasteiger partial charge in [0.25, 0.3) is 0 Å². The minimum absolute atomic E-state index is 1.10. The van der Waals surface area contributed by atoms with Gasteiger partial charge in [-0.05, 0) is 37.5 Å². The molecule has 0 amide bonds. The summed E-state index contributed by atoms with van der Waals surface area (Å²) in [5, 5.41) is 0. The SMILES string of the molecule is C1CCC2CC[C]2C1. The third kappa shape index (κ3) is 0.586. The molecule has 0 spiro atoms. The summed E-state index contributed by atoms with van der Waals surface area (Å²) in [5.41, 5.74) is 0. The average Bonchev–Trinajstić information content (AvgIpc) is 1.72. The fraction of sp³-hybridized carbons (Fsp3) is 0.875. The molecule has 0 heterocycles. The van der Waals surface area contributed by atoms with Gasteiger partial charge in [0.05, 0.1) is 0 Å². The Balaban J connectivity index is 1.92. The van der Waals surface area contributed by atoms with Gasteiger partial charge in [0.15, 0.2) is 0 Å². The Morgan fingerprint density at radius 2 is 2.00 bits per heavy atom. The van der Waals surface area contributed by atoms with Crippen LogP contribution < -0.4 is 0 Å². The van der Waals surface area contributed by atoms with Crippen molar-refractivity contribution in [2.75, 3.05) is 0 Å². The first-order valence-corrected chi connectivity index (χ1v) is 3.81. The second kappa shape index (κ2) is 1.75. The van der Waals surface area contributed by atoms with Gasteiger partial charge in [0.2, 0.25) is 0 Å². The lowest BCUT2D eigenvalue weighted by Crippen LogP contribution is -2.26. The fourth-order valence-corrected chi connectivity index (χ4v) is 1.97. The van der Waals surface area contributed by atoms with E-state index in [0.29, 0.717) is 0 Å². The Hall–Kier alpha value is 0. The van der Waals surface area contributed by atoms with Crippen molar-refractivity contribution < 1.29 is 0 Å². The minimum atomic E-state index is 1.10. The van der Waals surface area contributed by atoms with Crippen LogP contribution in [0.2, 0.25) is 0 Å². The molecule has 2 aliphatic rings. The molecule has 1 unspecified atom stereocenters. The zero-order valence-corrected chi connectivity index (χ0v) is 5.32. The standard InChI is InChI=1S/C8H13/c1-2-4-8-6-5-7(8)3-1/h7H,1-6H2. The Morgan fingerprint density at radius 1 is 1.00 bits per heavy atom. The van der Waals surface area contributed by atoms with Crippen LogP contribution in [0.4, 0.5) is 0 Å². The van der Waals surface area contributed by atoms with Crippen molar-refractivity contribution in [1.82, 2.24) is 0 Å². The lowest BCUT2D eigenvalue weighted by molar-refractivity contribution is 0.269. The topological polar surface area (TPSA) is 0 Å². The molecule has 0 N–H and O–H groups in total. The summed E-state index contributed by atoms with van der Waals surface area (Å²) in [5.74, 6) is 3.00. The smallest absolute Gasteiger partial charge is 0.0210 e. The molecular formula is C8H13. The van der Waals surface area contributed by atoms with Gasteiger partial charge in [-0.2, -0.15) is 0 Å². The van der Waals surface area contributed by atoms with Crippen LogP contribution in [-0.4, -0.2) is 0 Å². The average molecular weight is 109 g/mol. The Labute approximate surface area is 51.3 Å². The van der Waals surface area contributed by atoms with E-state index < -0.39 is 0 Å². The first-order valence-electron chi connectivity index (χ1n) is 3.81. The molecule has 2 fully saturated rings. The van der Waals surface area contributed by atoms with E-state index >= 15 is 0 Å². The number of hydrogen-bond donors (Lipinski definition) is 0. The molecule has 0 nitrogen and oxygen atoms in total.